The molecule has 11 nitrogen and oxygen atoms in total. The summed E-state index contributed by atoms with van der Waals surface area (Å²) >= 11 is 0. The number of ether oxygens (including phenoxy) is 6. The molecule has 2 aliphatic rings. The zero-order chi connectivity index (χ0) is 34.3. The highest BCUT2D eigenvalue weighted by Crippen LogP contribution is 2.20. The molecule has 0 aliphatic carbocycles. The van der Waals surface area contributed by atoms with Crippen LogP contribution in [-0.4, -0.2) is 84.5 Å². The first kappa shape index (κ1) is 39.6. The third kappa shape index (κ3) is 14.5. The maximum atomic E-state index is 5.85. The van der Waals surface area contributed by atoms with Crippen LogP contribution in [0.5, 0.6) is 23.0 Å². The molecule has 0 bridgehead atoms. The Kier molecular flexibility index (Phi) is 18.7. The van der Waals surface area contributed by atoms with E-state index >= 15 is 0 Å². The zero-order valence-electron chi connectivity index (χ0n) is 29.5. The first-order valence-corrected chi connectivity index (χ1v) is 17.7. The predicted octanol–water partition coefficient (Wildman–Crippen LogP) is 3.88. The fourth-order valence-electron chi connectivity index (χ4n) is 5.45. The van der Waals surface area contributed by atoms with Crippen LogP contribution in [0.3, 0.4) is 0 Å². The van der Waals surface area contributed by atoms with Crippen molar-refractivity contribution in [3.05, 3.63) is 119 Å². The quantitative estimate of drug-likeness (QED) is 0.214. The van der Waals surface area contributed by atoms with Crippen molar-refractivity contribution in [2.24, 2.45) is 0 Å². The summed E-state index contributed by atoms with van der Waals surface area (Å²) in [6.45, 7) is 11.1. The maximum Gasteiger partial charge on any atom is 0.123 e. The number of hydrogen-bond donors (Lipinski definition) is 4. The van der Waals surface area contributed by atoms with Crippen molar-refractivity contribution < 1.29 is 33.9 Å². The van der Waals surface area contributed by atoms with E-state index in [1.807, 2.05) is 72.8 Å². The van der Waals surface area contributed by atoms with E-state index in [0.717, 1.165) is 75.4 Å². The van der Waals surface area contributed by atoms with Gasteiger partial charge in [0, 0.05) is 74.6 Å². The molecular formula is C40H54N4O7. The maximum absolute atomic E-state index is 5.85. The lowest BCUT2D eigenvalue weighted by atomic mass is 10.2. The summed E-state index contributed by atoms with van der Waals surface area (Å²) in [7, 11) is 0. The topological polar surface area (TPSA) is 135 Å². The molecule has 0 fully saturated rings. The molecule has 0 radical (unpaired) electrons. The molecule has 0 saturated heterocycles. The lowest BCUT2D eigenvalue weighted by molar-refractivity contribution is 0.0759. The molecule has 0 amide bonds. The summed E-state index contributed by atoms with van der Waals surface area (Å²) in [6, 6.07) is 32.5. The van der Waals surface area contributed by atoms with Crippen LogP contribution in [0.15, 0.2) is 97.1 Å². The molecule has 0 saturated carbocycles. The van der Waals surface area contributed by atoms with E-state index in [2.05, 4.69) is 45.5 Å². The van der Waals surface area contributed by atoms with Gasteiger partial charge in [0.25, 0.3) is 0 Å². The second kappa shape index (κ2) is 24.1. The van der Waals surface area contributed by atoms with Crippen LogP contribution in [0, 0.1) is 0 Å². The summed E-state index contributed by atoms with van der Waals surface area (Å²) in [4.78, 5) is 0. The van der Waals surface area contributed by atoms with E-state index in [9.17, 15) is 0 Å². The number of hydrogen-bond acceptors (Lipinski definition) is 10. The summed E-state index contributed by atoms with van der Waals surface area (Å²) in [5, 5.41) is 13.8. The molecule has 0 aromatic heterocycles. The fraction of sp³-hybridized carbons (Fsp3) is 0.400. The Labute approximate surface area is 302 Å². The van der Waals surface area contributed by atoms with E-state index in [-0.39, 0.29) is 5.48 Å². The summed E-state index contributed by atoms with van der Waals surface area (Å²) < 4.78 is 34.6. The van der Waals surface area contributed by atoms with E-state index in [1.54, 1.807) is 0 Å². The van der Waals surface area contributed by atoms with Crippen molar-refractivity contribution in [2.45, 2.75) is 26.2 Å². The highest BCUT2D eigenvalue weighted by Gasteiger charge is 2.07. The lowest BCUT2D eigenvalue weighted by Gasteiger charge is -2.12. The van der Waals surface area contributed by atoms with Gasteiger partial charge < -0.3 is 55.2 Å². The van der Waals surface area contributed by atoms with Crippen LogP contribution >= 0.6 is 0 Å². The Morgan fingerprint density at radius 3 is 0.804 bits per heavy atom. The number of rotatable bonds is 0. The Balaban J connectivity index is 0.000000224. The van der Waals surface area contributed by atoms with Crippen LogP contribution in [0.25, 0.3) is 0 Å². The highest BCUT2D eigenvalue weighted by atomic mass is 16.6. The van der Waals surface area contributed by atoms with Crippen LogP contribution in [-0.2, 0) is 35.7 Å². The number of benzene rings is 4. The molecular weight excluding hydrogens is 648 g/mol. The minimum absolute atomic E-state index is 0. The van der Waals surface area contributed by atoms with Crippen LogP contribution < -0.4 is 40.2 Å². The van der Waals surface area contributed by atoms with E-state index < -0.39 is 0 Å². The molecule has 0 unspecified atom stereocenters. The van der Waals surface area contributed by atoms with Gasteiger partial charge in [-0.15, -0.1) is 0 Å². The zero-order valence-corrected chi connectivity index (χ0v) is 29.5. The monoisotopic (exact) mass is 702 g/mol. The molecule has 2 aliphatic heterocycles. The van der Waals surface area contributed by atoms with Crippen molar-refractivity contribution in [1.82, 2.24) is 21.3 Å². The number of fused-ring (bicyclic) bond motifs is 4. The average Bonchev–Trinajstić information content (AvgIpc) is 3.16. The molecule has 6 rings (SSSR count). The molecule has 0 spiro atoms. The van der Waals surface area contributed by atoms with Crippen molar-refractivity contribution >= 4 is 0 Å². The Hall–Kier alpha value is -4.20. The third-order valence-corrected chi connectivity index (χ3v) is 8.05. The lowest BCUT2D eigenvalue weighted by Crippen LogP contribution is -2.27. The largest absolute Gasteiger partial charge is 0.491 e. The van der Waals surface area contributed by atoms with Crippen LogP contribution in [0.1, 0.15) is 22.3 Å². The SMILES string of the molecule is O.c1ccc2c(c1)CNCCNCc1ccccc1OCCOCCO2.c1ccc2c(c1)CNCCNCc1ccccc1OCCOCCO2. The number of nitrogens with one attached hydrogen (secondary N) is 4. The second-order valence-corrected chi connectivity index (χ2v) is 11.8. The third-order valence-electron chi connectivity index (χ3n) is 8.05. The molecule has 4 aromatic carbocycles. The van der Waals surface area contributed by atoms with E-state index in [4.69, 9.17) is 28.4 Å². The summed E-state index contributed by atoms with van der Waals surface area (Å²) in [6.07, 6.45) is 0. The fourth-order valence-corrected chi connectivity index (χ4v) is 5.45. The molecule has 4 aromatic rings. The van der Waals surface area contributed by atoms with Gasteiger partial charge in [0.05, 0.1) is 26.4 Å². The van der Waals surface area contributed by atoms with Crippen molar-refractivity contribution in [3.8, 4) is 23.0 Å². The van der Waals surface area contributed by atoms with Gasteiger partial charge >= 0.3 is 0 Å². The van der Waals surface area contributed by atoms with Crippen LogP contribution in [0.4, 0.5) is 0 Å². The summed E-state index contributed by atoms with van der Waals surface area (Å²) in [5.74, 6) is 3.66. The number of para-hydroxylation sites is 4. The standard InChI is InChI=1S/2C20H26N2O3.H2O/c2*1-3-7-19-17(5-1)15-21-9-10-22-16-18-6-2-4-8-20(18)25-14-12-23-11-13-24-19;/h2*1-8,21-22H,9-16H2;1H2. The van der Waals surface area contributed by atoms with Gasteiger partial charge in [-0.05, 0) is 24.3 Å². The van der Waals surface area contributed by atoms with E-state index in [0.29, 0.717) is 52.9 Å². The summed E-state index contributed by atoms with van der Waals surface area (Å²) in [5.41, 5.74) is 4.67. The molecule has 2 heterocycles. The highest BCUT2D eigenvalue weighted by molar-refractivity contribution is 5.35. The van der Waals surface area contributed by atoms with Crippen molar-refractivity contribution in [3.63, 3.8) is 0 Å². The first-order valence-electron chi connectivity index (χ1n) is 17.7. The Morgan fingerprint density at radius 2 is 0.549 bits per heavy atom. The van der Waals surface area contributed by atoms with E-state index in [1.165, 1.54) is 22.3 Å². The Bertz CT molecular complexity index is 1300. The smallest absolute Gasteiger partial charge is 0.123 e. The van der Waals surface area contributed by atoms with Crippen molar-refractivity contribution in [1.29, 1.82) is 0 Å². The van der Waals surface area contributed by atoms with Gasteiger partial charge in [-0.3, -0.25) is 0 Å². The Morgan fingerprint density at radius 1 is 0.314 bits per heavy atom. The predicted molar refractivity (Wildman–Crippen MR) is 200 cm³/mol. The van der Waals surface area contributed by atoms with Crippen molar-refractivity contribution in [2.75, 3.05) is 79.0 Å². The van der Waals surface area contributed by atoms with Gasteiger partial charge in [0.1, 0.15) is 49.4 Å². The second-order valence-electron chi connectivity index (χ2n) is 11.8. The van der Waals surface area contributed by atoms with Gasteiger partial charge in [0.15, 0.2) is 0 Å². The van der Waals surface area contributed by atoms with Gasteiger partial charge in [-0.25, -0.2) is 0 Å². The normalized spacial score (nSPS) is 16.9. The molecule has 0 atom stereocenters. The first-order chi connectivity index (χ1) is 24.9. The van der Waals surface area contributed by atoms with Gasteiger partial charge in [0.2, 0.25) is 0 Å². The van der Waals surface area contributed by atoms with Gasteiger partial charge in [-0.1, -0.05) is 72.8 Å². The molecule has 276 valence electrons. The molecule has 51 heavy (non-hydrogen) atoms. The minimum atomic E-state index is 0. The molecule has 6 N–H and O–H groups in total. The minimum Gasteiger partial charge on any atom is -0.491 e. The molecule has 11 heteroatoms. The van der Waals surface area contributed by atoms with Gasteiger partial charge in [-0.2, -0.15) is 0 Å². The van der Waals surface area contributed by atoms with Crippen LogP contribution in [0.2, 0.25) is 0 Å². The average molecular weight is 703 g/mol.